The van der Waals surface area contributed by atoms with Crippen LogP contribution in [0.2, 0.25) is 0 Å². The summed E-state index contributed by atoms with van der Waals surface area (Å²) in [5.74, 6) is 0.673. The minimum absolute atomic E-state index is 0.124. The van der Waals surface area contributed by atoms with Gasteiger partial charge in [0.2, 0.25) is 11.8 Å². The SMILES string of the molecule is O=C1N/C(=C\c2nnc(-c3cccc4ccccc34)o2)c2ccccc21. The molecule has 0 aliphatic carbocycles. The molecule has 5 heteroatoms. The number of benzene rings is 3. The van der Waals surface area contributed by atoms with Gasteiger partial charge >= 0.3 is 0 Å². The average molecular weight is 339 g/mol. The van der Waals surface area contributed by atoms with Gasteiger partial charge in [0, 0.05) is 22.8 Å². The number of nitrogens with one attached hydrogen (secondary N) is 1. The minimum Gasteiger partial charge on any atom is -0.417 e. The van der Waals surface area contributed by atoms with Gasteiger partial charge in [0.1, 0.15) is 0 Å². The first-order valence-corrected chi connectivity index (χ1v) is 8.24. The highest BCUT2D eigenvalue weighted by Gasteiger charge is 2.23. The Kier molecular flexibility index (Phi) is 3.18. The average Bonchev–Trinajstić information content (AvgIpc) is 3.27. The van der Waals surface area contributed by atoms with E-state index >= 15 is 0 Å². The lowest BCUT2D eigenvalue weighted by Gasteiger charge is -2.01. The lowest BCUT2D eigenvalue weighted by molar-refractivity contribution is 0.0981. The first kappa shape index (κ1) is 14.6. The van der Waals surface area contributed by atoms with Crippen LogP contribution in [-0.2, 0) is 0 Å². The maximum Gasteiger partial charge on any atom is 0.256 e. The molecule has 0 saturated carbocycles. The number of nitrogens with zero attached hydrogens (tertiary/aromatic N) is 2. The molecule has 0 saturated heterocycles. The second-order valence-electron chi connectivity index (χ2n) is 6.03. The molecule has 124 valence electrons. The summed E-state index contributed by atoms with van der Waals surface area (Å²) in [6.07, 6.45) is 1.70. The van der Waals surface area contributed by atoms with Crippen molar-refractivity contribution < 1.29 is 9.21 Å². The third-order valence-corrected chi connectivity index (χ3v) is 4.44. The number of fused-ring (bicyclic) bond motifs is 2. The molecular weight excluding hydrogens is 326 g/mol. The number of carbonyl (C=O) groups excluding carboxylic acids is 1. The number of rotatable bonds is 2. The Morgan fingerprint density at radius 3 is 2.46 bits per heavy atom. The predicted octanol–water partition coefficient (Wildman–Crippen LogP) is 4.13. The van der Waals surface area contributed by atoms with Crippen molar-refractivity contribution in [3.8, 4) is 11.5 Å². The van der Waals surface area contributed by atoms with E-state index in [1.165, 1.54) is 0 Å². The molecule has 0 spiro atoms. The summed E-state index contributed by atoms with van der Waals surface area (Å²) in [4.78, 5) is 12.0. The van der Waals surface area contributed by atoms with Crippen molar-refractivity contribution in [3.05, 3.63) is 83.7 Å². The minimum atomic E-state index is -0.124. The van der Waals surface area contributed by atoms with Gasteiger partial charge in [-0.25, -0.2) is 0 Å². The highest BCUT2D eigenvalue weighted by Crippen LogP contribution is 2.29. The molecule has 1 aliphatic rings. The van der Waals surface area contributed by atoms with E-state index < -0.39 is 0 Å². The molecule has 0 radical (unpaired) electrons. The molecule has 0 bridgehead atoms. The van der Waals surface area contributed by atoms with Gasteiger partial charge in [-0.15, -0.1) is 10.2 Å². The van der Waals surface area contributed by atoms with Crippen molar-refractivity contribution in [2.45, 2.75) is 0 Å². The van der Waals surface area contributed by atoms with E-state index in [1.807, 2.05) is 60.7 Å². The molecule has 5 nitrogen and oxygen atoms in total. The quantitative estimate of drug-likeness (QED) is 0.596. The third kappa shape index (κ3) is 2.29. The number of aromatic nitrogens is 2. The van der Waals surface area contributed by atoms with Gasteiger partial charge in [-0.05, 0) is 22.9 Å². The first-order valence-electron chi connectivity index (χ1n) is 8.24. The standard InChI is InChI=1S/C21H13N3O2/c25-20-16-10-4-3-9-15(16)18(22-20)12-19-23-24-21(26-19)17-11-5-7-13-6-1-2-8-14(13)17/h1-12H,(H,22,25)/b18-12-. The lowest BCUT2D eigenvalue weighted by Crippen LogP contribution is -2.11. The largest absolute Gasteiger partial charge is 0.417 e. The highest BCUT2D eigenvalue weighted by atomic mass is 16.4. The van der Waals surface area contributed by atoms with Crippen LogP contribution in [0.1, 0.15) is 21.8 Å². The van der Waals surface area contributed by atoms with E-state index in [9.17, 15) is 4.79 Å². The molecule has 0 fully saturated rings. The number of carbonyl (C=O) groups is 1. The zero-order valence-electron chi connectivity index (χ0n) is 13.6. The summed E-state index contributed by atoms with van der Waals surface area (Å²) in [6, 6.07) is 21.4. The van der Waals surface area contributed by atoms with E-state index in [0.717, 1.165) is 21.9 Å². The topological polar surface area (TPSA) is 68.0 Å². The molecule has 1 amide bonds. The summed E-state index contributed by atoms with van der Waals surface area (Å²) >= 11 is 0. The van der Waals surface area contributed by atoms with Gasteiger partial charge in [0.15, 0.2) is 0 Å². The third-order valence-electron chi connectivity index (χ3n) is 4.44. The molecule has 2 heterocycles. The van der Waals surface area contributed by atoms with E-state index in [-0.39, 0.29) is 5.91 Å². The summed E-state index contributed by atoms with van der Waals surface area (Å²) < 4.78 is 5.84. The zero-order valence-corrected chi connectivity index (χ0v) is 13.6. The Morgan fingerprint density at radius 1 is 0.808 bits per heavy atom. The van der Waals surface area contributed by atoms with E-state index in [2.05, 4.69) is 15.5 Å². The van der Waals surface area contributed by atoms with Gasteiger partial charge in [0.25, 0.3) is 5.91 Å². The van der Waals surface area contributed by atoms with Crippen LogP contribution >= 0.6 is 0 Å². The van der Waals surface area contributed by atoms with Gasteiger partial charge in [-0.3, -0.25) is 4.79 Å². The fraction of sp³-hybridized carbons (Fsp3) is 0. The summed E-state index contributed by atoms with van der Waals surface area (Å²) in [6.45, 7) is 0. The van der Waals surface area contributed by atoms with Crippen molar-refractivity contribution in [3.63, 3.8) is 0 Å². The lowest BCUT2D eigenvalue weighted by atomic mass is 10.0. The van der Waals surface area contributed by atoms with Gasteiger partial charge in [-0.2, -0.15) is 0 Å². The van der Waals surface area contributed by atoms with Crippen molar-refractivity contribution in [2.75, 3.05) is 0 Å². The Labute approximate surface area is 149 Å². The number of hydrogen-bond donors (Lipinski definition) is 1. The normalized spacial score (nSPS) is 14.6. The second-order valence-corrected chi connectivity index (χ2v) is 6.03. The fourth-order valence-electron chi connectivity index (χ4n) is 3.22. The molecule has 1 aliphatic heterocycles. The van der Waals surface area contributed by atoms with Gasteiger partial charge < -0.3 is 9.73 Å². The summed E-state index contributed by atoms with van der Waals surface area (Å²) in [5, 5.41) is 13.3. The highest BCUT2D eigenvalue weighted by molar-refractivity contribution is 6.11. The Morgan fingerprint density at radius 2 is 1.54 bits per heavy atom. The molecule has 3 aromatic carbocycles. The molecular formula is C21H13N3O2. The van der Waals surface area contributed by atoms with Crippen LogP contribution in [0, 0.1) is 0 Å². The second kappa shape index (κ2) is 5.67. The summed E-state index contributed by atoms with van der Waals surface area (Å²) in [5.41, 5.74) is 3.03. The van der Waals surface area contributed by atoms with Gasteiger partial charge in [-0.1, -0.05) is 54.6 Å². The maximum atomic E-state index is 12.0. The Hall–Kier alpha value is -3.73. The van der Waals surface area contributed by atoms with Crippen LogP contribution in [0.15, 0.2) is 71.1 Å². The monoisotopic (exact) mass is 339 g/mol. The molecule has 26 heavy (non-hydrogen) atoms. The fourth-order valence-corrected chi connectivity index (χ4v) is 3.22. The molecule has 1 N–H and O–H groups in total. The van der Waals surface area contributed by atoms with Crippen LogP contribution < -0.4 is 5.32 Å². The van der Waals surface area contributed by atoms with E-state index in [1.54, 1.807) is 12.1 Å². The van der Waals surface area contributed by atoms with Crippen molar-refractivity contribution >= 4 is 28.5 Å². The summed E-state index contributed by atoms with van der Waals surface area (Å²) in [7, 11) is 0. The predicted molar refractivity (Wildman–Crippen MR) is 99.0 cm³/mol. The zero-order chi connectivity index (χ0) is 17.5. The Balaban J connectivity index is 1.57. The van der Waals surface area contributed by atoms with Crippen LogP contribution in [-0.4, -0.2) is 16.1 Å². The molecule has 4 aromatic rings. The van der Waals surface area contributed by atoms with E-state index in [0.29, 0.717) is 23.0 Å². The van der Waals surface area contributed by atoms with Gasteiger partial charge in [0.05, 0.1) is 5.70 Å². The number of hydrogen-bond acceptors (Lipinski definition) is 4. The van der Waals surface area contributed by atoms with Crippen LogP contribution in [0.4, 0.5) is 0 Å². The van der Waals surface area contributed by atoms with Crippen molar-refractivity contribution in [2.24, 2.45) is 0 Å². The molecule has 0 atom stereocenters. The van der Waals surface area contributed by atoms with Crippen LogP contribution in [0.3, 0.4) is 0 Å². The van der Waals surface area contributed by atoms with Crippen molar-refractivity contribution in [1.82, 2.24) is 15.5 Å². The first-order chi connectivity index (χ1) is 12.8. The van der Waals surface area contributed by atoms with Crippen LogP contribution in [0.25, 0.3) is 34.0 Å². The van der Waals surface area contributed by atoms with Crippen molar-refractivity contribution in [1.29, 1.82) is 0 Å². The molecule has 5 rings (SSSR count). The Bertz CT molecular complexity index is 1190. The van der Waals surface area contributed by atoms with Crippen LogP contribution in [0.5, 0.6) is 0 Å². The molecule has 1 aromatic heterocycles. The maximum absolute atomic E-state index is 12.0. The molecule has 0 unspecified atom stereocenters. The number of amides is 1. The smallest absolute Gasteiger partial charge is 0.256 e. The van der Waals surface area contributed by atoms with E-state index in [4.69, 9.17) is 4.42 Å².